The molecule has 1 aliphatic heterocycles. The van der Waals surface area contributed by atoms with Crippen molar-refractivity contribution in [1.82, 2.24) is 14.6 Å². The van der Waals surface area contributed by atoms with Crippen LogP contribution in [-0.4, -0.2) is 44.9 Å². The van der Waals surface area contributed by atoms with Gasteiger partial charge in [0.25, 0.3) is 5.91 Å². The molecule has 6 heteroatoms. The highest BCUT2D eigenvalue weighted by Crippen LogP contribution is 2.31. The van der Waals surface area contributed by atoms with Gasteiger partial charge in [-0.05, 0) is 37.0 Å². The fourth-order valence-electron chi connectivity index (χ4n) is 4.41. The summed E-state index contributed by atoms with van der Waals surface area (Å²) >= 11 is 0. The van der Waals surface area contributed by atoms with Crippen LogP contribution in [0.3, 0.4) is 0 Å². The number of β-amino-alcohol motifs (C(OH)–C–C–N with tert-alkyl or cyclic N) is 1. The molecule has 1 atom stereocenters. The number of hydroxylamine groups is 2. The largest absolute Gasteiger partial charge is 0.389 e. The number of carbonyl (C=O) groups is 1. The van der Waals surface area contributed by atoms with Crippen molar-refractivity contribution < 1.29 is 14.7 Å². The molecule has 2 aliphatic rings. The van der Waals surface area contributed by atoms with Crippen molar-refractivity contribution in [2.24, 2.45) is 5.92 Å². The maximum Gasteiger partial charge on any atom is 0.277 e. The zero-order chi connectivity index (χ0) is 19.9. The van der Waals surface area contributed by atoms with Crippen LogP contribution in [0.2, 0.25) is 0 Å². The van der Waals surface area contributed by atoms with E-state index in [9.17, 15) is 9.90 Å². The first kappa shape index (κ1) is 19.4. The predicted octanol–water partition coefficient (Wildman–Crippen LogP) is 3.66. The smallest absolute Gasteiger partial charge is 0.277 e. The number of hydrogen-bond donors (Lipinski definition) is 1. The van der Waals surface area contributed by atoms with Gasteiger partial charge in [-0.15, -0.1) is 0 Å². The van der Waals surface area contributed by atoms with E-state index in [4.69, 9.17) is 9.82 Å². The number of imidazole rings is 1. The number of aliphatic hydroxyl groups excluding tert-OH is 1. The fraction of sp³-hybridized carbons (Fsp3) is 0.636. The van der Waals surface area contributed by atoms with Gasteiger partial charge >= 0.3 is 0 Å². The average Bonchev–Trinajstić information content (AvgIpc) is 3.25. The summed E-state index contributed by atoms with van der Waals surface area (Å²) in [6, 6.07) is 5.72. The number of aromatic nitrogens is 2. The summed E-state index contributed by atoms with van der Waals surface area (Å²) in [5.41, 5.74) is 2.42. The maximum absolute atomic E-state index is 12.7. The lowest BCUT2D eigenvalue weighted by atomic mass is 9.88. The molecule has 0 radical (unpaired) electrons. The molecule has 1 N–H and O–H groups in total. The zero-order valence-corrected chi connectivity index (χ0v) is 17.1. The summed E-state index contributed by atoms with van der Waals surface area (Å²) in [4.78, 5) is 22.9. The predicted molar refractivity (Wildman–Crippen MR) is 108 cm³/mol. The molecular weight excluding hydrogens is 354 g/mol. The molecule has 2 aromatic rings. The summed E-state index contributed by atoms with van der Waals surface area (Å²) in [6.07, 6.45) is 5.95. The van der Waals surface area contributed by atoms with Crippen molar-refractivity contribution >= 4 is 16.9 Å². The van der Waals surface area contributed by atoms with Gasteiger partial charge in [0.2, 0.25) is 0 Å². The number of amides is 1. The summed E-state index contributed by atoms with van der Waals surface area (Å²) < 4.78 is 2.37. The van der Waals surface area contributed by atoms with Gasteiger partial charge in [0.15, 0.2) is 0 Å². The molecule has 6 nitrogen and oxygen atoms in total. The molecule has 4 rings (SSSR count). The van der Waals surface area contributed by atoms with E-state index in [1.54, 1.807) is 0 Å². The topological polar surface area (TPSA) is 67.6 Å². The molecule has 2 heterocycles. The van der Waals surface area contributed by atoms with Gasteiger partial charge in [-0.2, -0.15) is 0 Å². The Kier molecular flexibility index (Phi) is 5.19. The quantitative estimate of drug-likeness (QED) is 0.875. The first-order valence-electron chi connectivity index (χ1n) is 10.5. The van der Waals surface area contributed by atoms with E-state index in [1.165, 1.54) is 37.2 Å². The Morgan fingerprint density at radius 3 is 2.64 bits per heavy atom. The lowest BCUT2D eigenvalue weighted by Gasteiger charge is -2.26. The van der Waals surface area contributed by atoms with Crippen LogP contribution in [0.15, 0.2) is 18.2 Å². The fourth-order valence-corrected chi connectivity index (χ4v) is 4.41. The molecule has 1 aromatic carbocycles. The number of nitrogens with zero attached hydrogens (tertiary/aromatic N) is 3. The number of aliphatic hydroxyl groups is 1. The Balaban J connectivity index is 1.68. The van der Waals surface area contributed by atoms with Crippen molar-refractivity contribution in [3.63, 3.8) is 0 Å². The minimum Gasteiger partial charge on any atom is -0.389 e. The maximum atomic E-state index is 12.7. The highest BCUT2D eigenvalue weighted by Gasteiger charge is 2.29. The van der Waals surface area contributed by atoms with Crippen LogP contribution in [0.25, 0.3) is 11.0 Å². The highest BCUT2D eigenvalue weighted by molar-refractivity contribution is 5.97. The Morgan fingerprint density at radius 1 is 1.25 bits per heavy atom. The summed E-state index contributed by atoms with van der Waals surface area (Å²) in [6.45, 7) is 7.95. The highest BCUT2D eigenvalue weighted by atomic mass is 16.7. The molecule has 0 spiro atoms. The third-order valence-corrected chi connectivity index (χ3v) is 5.86. The summed E-state index contributed by atoms with van der Waals surface area (Å²) in [5.74, 6) is 1.55. The number of fused-ring (bicyclic) bond motifs is 1. The molecule has 152 valence electrons. The van der Waals surface area contributed by atoms with Gasteiger partial charge in [0.1, 0.15) is 18.5 Å². The minimum atomic E-state index is -0.616. The second kappa shape index (κ2) is 7.48. The Morgan fingerprint density at radius 2 is 2.00 bits per heavy atom. The van der Waals surface area contributed by atoms with Gasteiger partial charge in [-0.3, -0.25) is 9.63 Å². The van der Waals surface area contributed by atoms with Gasteiger partial charge < -0.3 is 9.67 Å². The molecule has 0 unspecified atom stereocenters. The van der Waals surface area contributed by atoms with Gasteiger partial charge in [0.05, 0.1) is 17.6 Å². The molecular formula is C22H31N3O3. The summed E-state index contributed by atoms with van der Waals surface area (Å²) in [7, 11) is 0. The van der Waals surface area contributed by atoms with Crippen LogP contribution in [0.5, 0.6) is 0 Å². The monoisotopic (exact) mass is 385 g/mol. The third kappa shape index (κ3) is 3.80. The van der Waals surface area contributed by atoms with Gasteiger partial charge in [-0.1, -0.05) is 40.0 Å². The van der Waals surface area contributed by atoms with Crippen LogP contribution in [-0.2, 0) is 16.8 Å². The minimum absolute atomic E-state index is 0.0694. The second-order valence-electron chi connectivity index (χ2n) is 9.32. The SMILES string of the molecule is CC(C)(C)c1nc2cc(C(=O)N3C[C@@H](O)CO3)ccc2n1CC1CCCCC1. The number of carbonyl (C=O) groups excluding carboxylic acids is 1. The third-order valence-electron chi connectivity index (χ3n) is 5.86. The van der Waals surface area contributed by atoms with Crippen molar-refractivity contribution in [2.75, 3.05) is 13.2 Å². The molecule has 2 fully saturated rings. The van der Waals surface area contributed by atoms with Gasteiger partial charge in [-0.25, -0.2) is 10.0 Å². The van der Waals surface area contributed by atoms with E-state index >= 15 is 0 Å². The molecule has 1 aromatic heterocycles. The van der Waals surface area contributed by atoms with E-state index < -0.39 is 6.10 Å². The Labute approximate surface area is 166 Å². The first-order valence-corrected chi connectivity index (χ1v) is 10.5. The number of benzene rings is 1. The molecule has 1 saturated heterocycles. The van der Waals surface area contributed by atoms with Crippen LogP contribution >= 0.6 is 0 Å². The van der Waals surface area contributed by atoms with Crippen LogP contribution in [0, 0.1) is 5.92 Å². The van der Waals surface area contributed by atoms with Crippen molar-refractivity contribution in [1.29, 1.82) is 0 Å². The summed E-state index contributed by atoms with van der Waals surface area (Å²) in [5, 5.41) is 10.9. The van der Waals surface area contributed by atoms with Gasteiger partial charge in [0, 0.05) is 17.5 Å². The average molecular weight is 386 g/mol. The number of hydrogen-bond acceptors (Lipinski definition) is 4. The molecule has 0 bridgehead atoms. The molecule has 1 amide bonds. The Bertz CT molecular complexity index is 862. The first-order chi connectivity index (χ1) is 13.3. The van der Waals surface area contributed by atoms with Crippen LogP contribution in [0.1, 0.15) is 69.1 Å². The normalized spacial score (nSPS) is 21.6. The zero-order valence-electron chi connectivity index (χ0n) is 17.1. The van der Waals surface area contributed by atoms with E-state index in [1.807, 2.05) is 18.2 Å². The van der Waals surface area contributed by atoms with E-state index in [-0.39, 0.29) is 24.5 Å². The van der Waals surface area contributed by atoms with Crippen molar-refractivity contribution in [3.05, 3.63) is 29.6 Å². The van der Waals surface area contributed by atoms with Crippen molar-refractivity contribution in [2.45, 2.75) is 70.9 Å². The van der Waals surface area contributed by atoms with E-state index in [2.05, 4.69) is 25.3 Å². The lowest BCUT2D eigenvalue weighted by molar-refractivity contribution is -0.0779. The standard InChI is InChI=1S/C22H31N3O3/c1-22(2,3)21-23-18-11-16(20(27)25-13-17(26)14-28-25)9-10-19(18)24(21)12-15-7-5-4-6-8-15/h9-11,15,17,26H,4-8,12-14H2,1-3H3/t17-/m1/s1. The molecule has 28 heavy (non-hydrogen) atoms. The van der Waals surface area contributed by atoms with E-state index in [0.717, 1.165) is 23.4 Å². The van der Waals surface area contributed by atoms with Crippen LogP contribution in [0.4, 0.5) is 0 Å². The molecule has 1 saturated carbocycles. The van der Waals surface area contributed by atoms with E-state index in [0.29, 0.717) is 11.5 Å². The van der Waals surface area contributed by atoms with Crippen LogP contribution < -0.4 is 0 Å². The Hall–Kier alpha value is -1.92. The molecule has 1 aliphatic carbocycles. The lowest BCUT2D eigenvalue weighted by Crippen LogP contribution is -2.28. The number of rotatable bonds is 3. The second-order valence-corrected chi connectivity index (χ2v) is 9.32. The van der Waals surface area contributed by atoms with Crippen molar-refractivity contribution in [3.8, 4) is 0 Å².